The number of hydrogen-bond acceptors (Lipinski definition) is 10. The summed E-state index contributed by atoms with van der Waals surface area (Å²) in [6.45, 7) is 1.08. The third-order valence-corrected chi connectivity index (χ3v) is 7.73. The van der Waals surface area contributed by atoms with Crippen molar-refractivity contribution in [1.29, 1.82) is 0 Å². The highest BCUT2D eigenvalue weighted by atomic mass is 16.8. The molecule has 3 heterocycles. The van der Waals surface area contributed by atoms with Crippen LogP contribution in [-0.4, -0.2) is 89.0 Å². The van der Waals surface area contributed by atoms with Crippen molar-refractivity contribution in [3.63, 3.8) is 0 Å². The summed E-state index contributed by atoms with van der Waals surface area (Å²) in [5, 5.41) is 30.4. The molecule has 0 unspecified atom stereocenters. The highest BCUT2D eigenvalue weighted by Gasteiger charge is 2.82. The van der Waals surface area contributed by atoms with Crippen LogP contribution in [0.2, 0.25) is 0 Å². The Morgan fingerprint density at radius 1 is 1.15 bits per heavy atom. The third-order valence-electron chi connectivity index (χ3n) is 7.73. The second-order valence-corrected chi connectivity index (χ2v) is 9.29. The summed E-state index contributed by atoms with van der Waals surface area (Å²) in [4.78, 5) is 24.1. The molecule has 0 bridgehead atoms. The van der Waals surface area contributed by atoms with E-state index in [1.807, 2.05) is 0 Å². The summed E-state index contributed by atoms with van der Waals surface area (Å²) < 4.78 is 30.2. The van der Waals surface area contributed by atoms with Crippen LogP contribution >= 0.6 is 0 Å². The van der Waals surface area contributed by atoms with Crippen LogP contribution in [0.4, 0.5) is 0 Å². The fourth-order valence-electron chi connectivity index (χ4n) is 5.89. The molecule has 9 atom stereocenters. The van der Waals surface area contributed by atoms with Gasteiger partial charge in [-0.25, -0.2) is 4.79 Å². The van der Waals surface area contributed by atoms with Crippen LogP contribution in [0.3, 0.4) is 0 Å². The number of carbonyl (C=O) groups is 2. The molecule has 4 aliphatic rings. The molecule has 1 aromatic rings. The molecule has 3 saturated heterocycles. The predicted octanol–water partition coefficient (Wildman–Crippen LogP) is -0.0792. The summed E-state index contributed by atoms with van der Waals surface area (Å²) >= 11 is 0. The van der Waals surface area contributed by atoms with Gasteiger partial charge in [0.1, 0.15) is 42.9 Å². The molecular weight excluding hydrogens is 436 g/mol. The molecular formula is C23H28O10. The number of carbonyl (C=O) groups excluding carboxylic acids is 2. The van der Waals surface area contributed by atoms with Crippen LogP contribution in [0, 0.1) is 5.41 Å². The maximum Gasteiger partial charge on any atom is 0.338 e. The molecule has 3 N–H and O–H groups in total. The lowest BCUT2D eigenvalue weighted by Gasteiger charge is -2.63. The minimum absolute atomic E-state index is 0.0353. The van der Waals surface area contributed by atoms with E-state index in [9.17, 15) is 24.9 Å². The third kappa shape index (κ3) is 3.13. The number of hydrogen-bond donors (Lipinski definition) is 3. The largest absolute Gasteiger partial charge is 0.461 e. The van der Waals surface area contributed by atoms with E-state index in [0.717, 1.165) is 6.29 Å². The maximum absolute atomic E-state index is 12.6. The summed E-state index contributed by atoms with van der Waals surface area (Å²) in [5.74, 6) is -1.89. The highest BCUT2D eigenvalue weighted by molar-refractivity contribution is 5.89. The first-order valence-corrected chi connectivity index (χ1v) is 11.1. The molecule has 10 nitrogen and oxygen atoms in total. The molecule has 1 saturated carbocycles. The second kappa shape index (κ2) is 8.09. The monoisotopic (exact) mass is 464 g/mol. The van der Waals surface area contributed by atoms with Gasteiger partial charge in [0.05, 0.1) is 23.7 Å². The molecule has 33 heavy (non-hydrogen) atoms. The van der Waals surface area contributed by atoms with Crippen LogP contribution in [0.1, 0.15) is 36.5 Å². The van der Waals surface area contributed by atoms with Crippen LogP contribution in [0.15, 0.2) is 30.3 Å². The lowest BCUT2D eigenvalue weighted by Crippen LogP contribution is -2.77. The Hall–Kier alpha value is -1.92. The summed E-state index contributed by atoms with van der Waals surface area (Å²) in [6.07, 6.45) is -4.81. The van der Waals surface area contributed by atoms with Crippen molar-refractivity contribution in [3.05, 3.63) is 35.9 Å². The van der Waals surface area contributed by atoms with Crippen LogP contribution in [0.5, 0.6) is 0 Å². The topological polar surface area (TPSA) is 141 Å². The molecule has 1 spiro atoms. The van der Waals surface area contributed by atoms with Gasteiger partial charge in [0.25, 0.3) is 0 Å². The van der Waals surface area contributed by atoms with E-state index < -0.39 is 66.2 Å². The van der Waals surface area contributed by atoms with Crippen LogP contribution in [-0.2, 0) is 28.5 Å². The van der Waals surface area contributed by atoms with Gasteiger partial charge < -0.3 is 43.8 Å². The molecule has 0 amide bonds. The number of aliphatic hydroxyl groups is 3. The van der Waals surface area contributed by atoms with Crippen LogP contribution in [0.25, 0.3) is 0 Å². The summed E-state index contributed by atoms with van der Waals surface area (Å²) in [5.41, 5.74) is -1.60. The Kier molecular flexibility index (Phi) is 5.60. The Morgan fingerprint density at radius 3 is 2.55 bits per heavy atom. The van der Waals surface area contributed by atoms with E-state index in [0.29, 0.717) is 18.4 Å². The molecule has 5 rings (SSSR count). The number of aldehydes is 1. The van der Waals surface area contributed by atoms with E-state index in [4.69, 9.17) is 23.7 Å². The lowest BCUT2D eigenvalue weighted by molar-refractivity contribution is -0.462. The Bertz CT molecular complexity index is 910. The molecule has 10 heteroatoms. The predicted molar refractivity (Wildman–Crippen MR) is 109 cm³/mol. The Labute approximate surface area is 190 Å². The van der Waals surface area contributed by atoms with Crippen LogP contribution < -0.4 is 0 Å². The van der Waals surface area contributed by atoms with E-state index in [1.54, 1.807) is 37.3 Å². The average molecular weight is 464 g/mol. The van der Waals surface area contributed by atoms with Crippen molar-refractivity contribution in [2.24, 2.45) is 5.41 Å². The van der Waals surface area contributed by atoms with E-state index in [-0.39, 0.29) is 13.0 Å². The number of fused-ring (bicyclic) bond motifs is 1. The zero-order chi connectivity index (χ0) is 23.4. The van der Waals surface area contributed by atoms with Crippen molar-refractivity contribution >= 4 is 12.3 Å². The van der Waals surface area contributed by atoms with Crippen molar-refractivity contribution in [3.8, 4) is 0 Å². The zero-order valence-corrected chi connectivity index (χ0v) is 18.2. The lowest BCUT2D eigenvalue weighted by atomic mass is 9.52. The first-order valence-electron chi connectivity index (χ1n) is 11.1. The second-order valence-electron chi connectivity index (χ2n) is 9.29. The minimum Gasteiger partial charge on any atom is -0.461 e. The van der Waals surface area contributed by atoms with Gasteiger partial charge in [0.15, 0.2) is 12.1 Å². The molecule has 0 radical (unpaired) electrons. The first-order chi connectivity index (χ1) is 15.8. The van der Waals surface area contributed by atoms with E-state index >= 15 is 0 Å². The average Bonchev–Trinajstić information content (AvgIpc) is 2.94. The number of rotatable bonds is 6. The first kappa shape index (κ1) is 22.9. The fraction of sp³-hybridized carbons (Fsp3) is 0.652. The minimum atomic E-state index is -1.38. The fourth-order valence-corrected chi connectivity index (χ4v) is 5.89. The van der Waals surface area contributed by atoms with Gasteiger partial charge >= 0.3 is 5.97 Å². The van der Waals surface area contributed by atoms with Gasteiger partial charge in [-0.3, -0.25) is 0 Å². The standard InChI is InChI=1S/C23H28O10/c1-21-23(33-20-18(32-21)17(27)16(26)14(11-25)30-20)9-8-22(23,15(31-21)7-10-24)12-29-19(28)13-5-3-2-4-6-13/h2-6,10,14-18,20,25-27H,7-9,11-12H2,1H3/t14-,15-,16-,17+,18-,20+,21-,22-,23+/m1/s1. The maximum atomic E-state index is 12.6. The Morgan fingerprint density at radius 2 is 1.91 bits per heavy atom. The quantitative estimate of drug-likeness (QED) is 0.387. The number of aliphatic hydroxyl groups excluding tert-OH is 3. The Balaban J connectivity index is 1.44. The van der Waals surface area contributed by atoms with Gasteiger partial charge in [0.2, 0.25) is 0 Å². The molecule has 0 aromatic heterocycles. The molecule has 3 aliphatic heterocycles. The highest BCUT2D eigenvalue weighted by Crippen LogP contribution is 2.69. The summed E-state index contributed by atoms with van der Waals surface area (Å²) in [7, 11) is 0. The number of benzene rings is 1. The number of esters is 1. The number of ether oxygens (including phenoxy) is 5. The van der Waals surface area contributed by atoms with Gasteiger partial charge in [-0.05, 0) is 31.9 Å². The van der Waals surface area contributed by atoms with Gasteiger partial charge in [0, 0.05) is 6.42 Å². The molecule has 4 fully saturated rings. The zero-order valence-electron chi connectivity index (χ0n) is 18.2. The SMILES string of the molecule is C[C@@]12O[C@H]3[C@@H](O[C@H](CO)[C@@H](O)[C@@H]3O)O[C@@]13CC[C@@]3(COC(=O)c1ccccc1)[C@@H](CC=O)O2. The van der Waals surface area contributed by atoms with Crippen molar-refractivity contribution in [2.75, 3.05) is 13.2 Å². The normalized spacial score (nSPS) is 45.8. The van der Waals surface area contributed by atoms with Crippen molar-refractivity contribution < 1.29 is 48.6 Å². The van der Waals surface area contributed by atoms with Gasteiger partial charge in [-0.2, -0.15) is 0 Å². The molecule has 1 aromatic carbocycles. The van der Waals surface area contributed by atoms with E-state index in [2.05, 4.69) is 0 Å². The van der Waals surface area contributed by atoms with Crippen molar-refractivity contribution in [2.45, 2.75) is 74.4 Å². The smallest absolute Gasteiger partial charge is 0.338 e. The van der Waals surface area contributed by atoms with Gasteiger partial charge in [-0.15, -0.1) is 0 Å². The summed E-state index contributed by atoms with van der Waals surface area (Å²) in [6, 6.07) is 8.57. The van der Waals surface area contributed by atoms with E-state index in [1.165, 1.54) is 0 Å². The molecule has 1 aliphatic carbocycles. The van der Waals surface area contributed by atoms with Crippen molar-refractivity contribution in [1.82, 2.24) is 0 Å². The van der Waals surface area contributed by atoms with Gasteiger partial charge in [-0.1, -0.05) is 18.2 Å². The molecule has 180 valence electrons.